The summed E-state index contributed by atoms with van der Waals surface area (Å²) in [6, 6.07) is 5.03. The van der Waals surface area contributed by atoms with E-state index in [2.05, 4.69) is 5.10 Å². The minimum atomic E-state index is -1.29. The molecule has 170 valence electrons. The topological polar surface area (TPSA) is 69.6 Å². The number of halogens is 3. The standard InChI is InChI=1S/C24H26F3N3O2/c1-13-10-19-22(20(31)8-9-24(3,28)15-4-5-15)14(2)29-30(19)21(11-13)32-12-16-17(25)6-7-18(26)23(16)27/h6-7,10-11,15H,4-5,8-9,12,28H2,1-3H3. The third kappa shape index (κ3) is 4.24. The molecule has 0 aliphatic heterocycles. The van der Waals surface area contributed by atoms with Crippen molar-refractivity contribution in [2.75, 3.05) is 0 Å². The van der Waals surface area contributed by atoms with Gasteiger partial charge in [-0.2, -0.15) is 5.10 Å². The van der Waals surface area contributed by atoms with Gasteiger partial charge >= 0.3 is 0 Å². The summed E-state index contributed by atoms with van der Waals surface area (Å²) < 4.78 is 48.5. The number of ether oxygens (including phenoxy) is 1. The van der Waals surface area contributed by atoms with Crippen molar-refractivity contribution in [3.63, 3.8) is 0 Å². The van der Waals surface area contributed by atoms with Crippen molar-refractivity contribution >= 4 is 11.3 Å². The molecule has 0 spiro atoms. The maximum absolute atomic E-state index is 14.0. The molecule has 8 heteroatoms. The van der Waals surface area contributed by atoms with Crippen molar-refractivity contribution in [1.82, 2.24) is 9.61 Å². The summed E-state index contributed by atoms with van der Waals surface area (Å²) in [5.41, 5.74) is 7.83. The molecule has 1 unspecified atom stereocenters. The van der Waals surface area contributed by atoms with Crippen LogP contribution in [-0.2, 0) is 6.61 Å². The number of nitrogens with zero attached hydrogens (tertiary/aromatic N) is 2. The van der Waals surface area contributed by atoms with Gasteiger partial charge in [-0.15, -0.1) is 0 Å². The molecule has 1 aliphatic rings. The predicted octanol–water partition coefficient (Wildman–Crippen LogP) is 5.04. The molecule has 1 aromatic carbocycles. The zero-order valence-corrected chi connectivity index (χ0v) is 18.3. The number of ketones is 1. The van der Waals surface area contributed by atoms with E-state index in [0.717, 1.165) is 30.5 Å². The summed E-state index contributed by atoms with van der Waals surface area (Å²) in [5.74, 6) is -2.74. The van der Waals surface area contributed by atoms with Gasteiger partial charge in [0.05, 0.1) is 22.3 Å². The summed E-state index contributed by atoms with van der Waals surface area (Å²) in [6.07, 6.45) is 3.09. The van der Waals surface area contributed by atoms with Crippen molar-refractivity contribution in [3.05, 3.63) is 64.1 Å². The van der Waals surface area contributed by atoms with Crippen LogP contribution in [-0.4, -0.2) is 20.9 Å². The molecular formula is C24H26F3N3O2. The first-order valence-electron chi connectivity index (χ1n) is 10.7. The normalized spacial score (nSPS) is 15.7. The van der Waals surface area contributed by atoms with Crippen LogP contribution in [0.3, 0.4) is 0 Å². The number of hydrogen-bond acceptors (Lipinski definition) is 4. The van der Waals surface area contributed by atoms with Crippen molar-refractivity contribution in [1.29, 1.82) is 0 Å². The zero-order valence-electron chi connectivity index (χ0n) is 18.3. The number of fused-ring (bicyclic) bond motifs is 1. The van der Waals surface area contributed by atoms with Gasteiger partial charge in [0, 0.05) is 18.0 Å². The number of Topliss-reactive ketones (excluding diaryl/α,β-unsaturated/α-hetero) is 1. The van der Waals surface area contributed by atoms with Crippen LogP contribution in [0.1, 0.15) is 59.8 Å². The first-order chi connectivity index (χ1) is 15.1. The van der Waals surface area contributed by atoms with Gasteiger partial charge in [-0.25, -0.2) is 17.7 Å². The Labute approximate surface area is 184 Å². The highest BCUT2D eigenvalue weighted by atomic mass is 19.2. The third-order valence-corrected chi connectivity index (χ3v) is 6.20. The van der Waals surface area contributed by atoms with E-state index in [-0.39, 0.29) is 17.2 Å². The van der Waals surface area contributed by atoms with Gasteiger partial charge in [-0.05, 0) is 69.7 Å². The van der Waals surface area contributed by atoms with Crippen LogP contribution in [0.5, 0.6) is 5.88 Å². The lowest BCUT2D eigenvalue weighted by Crippen LogP contribution is -2.39. The second-order valence-corrected chi connectivity index (χ2v) is 8.94. The van der Waals surface area contributed by atoms with Crippen molar-refractivity contribution in [3.8, 4) is 5.88 Å². The van der Waals surface area contributed by atoms with Crippen molar-refractivity contribution in [2.45, 2.75) is 58.6 Å². The second-order valence-electron chi connectivity index (χ2n) is 8.94. The molecule has 2 heterocycles. The number of carbonyl (C=O) groups excluding carboxylic acids is 1. The van der Waals surface area contributed by atoms with Crippen molar-refractivity contribution < 1.29 is 22.7 Å². The lowest BCUT2D eigenvalue weighted by molar-refractivity contribution is 0.0970. The minimum Gasteiger partial charge on any atom is -0.473 e. The van der Waals surface area contributed by atoms with Gasteiger partial charge in [0.25, 0.3) is 0 Å². The highest BCUT2D eigenvalue weighted by Crippen LogP contribution is 2.40. The number of nitrogens with two attached hydrogens (primary N) is 1. The number of rotatable bonds is 8. The smallest absolute Gasteiger partial charge is 0.215 e. The van der Waals surface area contributed by atoms with Crippen LogP contribution >= 0.6 is 0 Å². The van der Waals surface area contributed by atoms with Crippen LogP contribution in [0, 0.1) is 37.2 Å². The van der Waals surface area contributed by atoms with E-state index in [1.54, 1.807) is 13.0 Å². The molecule has 1 atom stereocenters. The molecule has 32 heavy (non-hydrogen) atoms. The van der Waals surface area contributed by atoms with Gasteiger partial charge in [-0.1, -0.05) is 0 Å². The Kier molecular flexibility index (Phi) is 5.75. The second kappa shape index (κ2) is 8.24. The number of aromatic nitrogens is 2. The van der Waals surface area contributed by atoms with Gasteiger partial charge in [0.15, 0.2) is 17.4 Å². The molecule has 2 N–H and O–H groups in total. The molecule has 0 saturated heterocycles. The van der Waals surface area contributed by atoms with Gasteiger partial charge in [0.2, 0.25) is 5.88 Å². The summed E-state index contributed by atoms with van der Waals surface area (Å²) in [7, 11) is 0. The first-order valence-corrected chi connectivity index (χ1v) is 10.7. The summed E-state index contributed by atoms with van der Waals surface area (Å²) in [6.45, 7) is 5.01. The summed E-state index contributed by atoms with van der Waals surface area (Å²) in [4.78, 5) is 13.1. The average Bonchev–Trinajstić information content (AvgIpc) is 3.53. The van der Waals surface area contributed by atoms with Crippen molar-refractivity contribution in [2.24, 2.45) is 11.7 Å². The summed E-state index contributed by atoms with van der Waals surface area (Å²) in [5, 5.41) is 4.42. The van der Waals surface area contributed by atoms with Crippen LogP contribution in [0.25, 0.3) is 5.52 Å². The van der Waals surface area contributed by atoms with E-state index in [9.17, 15) is 18.0 Å². The number of carbonyl (C=O) groups is 1. The Morgan fingerprint density at radius 1 is 1.22 bits per heavy atom. The fourth-order valence-electron chi connectivity index (χ4n) is 4.11. The van der Waals surface area contributed by atoms with E-state index in [1.165, 1.54) is 4.52 Å². The molecule has 4 rings (SSSR count). The Morgan fingerprint density at radius 3 is 2.59 bits per heavy atom. The number of aryl methyl sites for hydroxylation is 2. The Morgan fingerprint density at radius 2 is 1.91 bits per heavy atom. The van der Waals surface area contributed by atoms with Crippen LogP contribution < -0.4 is 10.5 Å². The summed E-state index contributed by atoms with van der Waals surface area (Å²) >= 11 is 0. The fraction of sp³-hybridized carbons (Fsp3) is 0.417. The van der Waals surface area contributed by atoms with Crippen LogP contribution in [0.2, 0.25) is 0 Å². The van der Waals surface area contributed by atoms with E-state index >= 15 is 0 Å². The SMILES string of the molecule is Cc1cc(OCc2c(F)ccc(F)c2F)n2nc(C)c(C(=O)CCC(C)(N)C3CC3)c2c1. The zero-order chi connectivity index (χ0) is 23.2. The molecule has 1 saturated carbocycles. The number of benzene rings is 1. The average molecular weight is 445 g/mol. The number of pyridine rings is 1. The fourth-order valence-corrected chi connectivity index (χ4v) is 4.11. The van der Waals surface area contributed by atoms with E-state index < -0.39 is 29.6 Å². The third-order valence-electron chi connectivity index (χ3n) is 6.20. The molecular weight excluding hydrogens is 419 g/mol. The quantitative estimate of drug-likeness (QED) is 0.390. The predicted molar refractivity (Wildman–Crippen MR) is 114 cm³/mol. The molecule has 2 aromatic heterocycles. The monoisotopic (exact) mass is 445 g/mol. The van der Waals surface area contributed by atoms with Gasteiger partial charge < -0.3 is 10.5 Å². The molecule has 1 aliphatic carbocycles. The maximum Gasteiger partial charge on any atom is 0.215 e. The molecule has 0 bridgehead atoms. The first kappa shape index (κ1) is 22.3. The molecule has 3 aromatic rings. The number of hydrogen-bond donors (Lipinski definition) is 1. The van der Waals surface area contributed by atoms with E-state index in [4.69, 9.17) is 10.5 Å². The Balaban J connectivity index is 1.62. The Bertz CT molecular complexity index is 1200. The molecule has 5 nitrogen and oxygen atoms in total. The van der Waals surface area contributed by atoms with Crippen LogP contribution in [0.4, 0.5) is 13.2 Å². The lowest BCUT2D eigenvalue weighted by Gasteiger charge is -2.23. The van der Waals surface area contributed by atoms with Crippen LogP contribution in [0.15, 0.2) is 24.3 Å². The van der Waals surface area contributed by atoms with Gasteiger partial charge in [-0.3, -0.25) is 4.79 Å². The molecule has 1 fully saturated rings. The van der Waals surface area contributed by atoms with Gasteiger partial charge in [0.1, 0.15) is 12.4 Å². The molecule has 0 amide bonds. The minimum absolute atomic E-state index is 0.0615. The van der Waals surface area contributed by atoms with E-state index in [1.807, 2.05) is 19.9 Å². The van der Waals surface area contributed by atoms with E-state index in [0.29, 0.717) is 35.5 Å². The maximum atomic E-state index is 14.0. The largest absolute Gasteiger partial charge is 0.473 e. The highest BCUT2D eigenvalue weighted by molar-refractivity contribution is 6.03. The highest BCUT2D eigenvalue weighted by Gasteiger charge is 2.38. The Hall–Kier alpha value is -2.87. The lowest BCUT2D eigenvalue weighted by atomic mass is 9.89. The molecule has 0 radical (unpaired) electrons.